The van der Waals surface area contributed by atoms with Crippen LogP contribution in [0, 0.1) is 13.8 Å². The second kappa shape index (κ2) is 7.91. The van der Waals surface area contributed by atoms with Crippen molar-refractivity contribution in [3.8, 4) is 0 Å². The second-order valence-electron chi connectivity index (χ2n) is 6.41. The lowest BCUT2D eigenvalue weighted by molar-refractivity contribution is 0.223. The fourth-order valence-corrected chi connectivity index (χ4v) is 2.67. The largest absolute Gasteiger partial charge is 0.348 e. The zero-order chi connectivity index (χ0) is 20.3. The highest BCUT2D eigenvalue weighted by Crippen LogP contribution is 2.18. The van der Waals surface area contributed by atoms with Gasteiger partial charge < -0.3 is 10.6 Å². The van der Waals surface area contributed by atoms with Crippen molar-refractivity contribution in [2.75, 3.05) is 10.6 Å². The molecule has 144 valence electrons. The molecular formula is C20H22N6O2. The summed E-state index contributed by atoms with van der Waals surface area (Å²) in [6.45, 7) is 7.03. The predicted octanol–water partition coefficient (Wildman–Crippen LogP) is 4.35. The summed E-state index contributed by atoms with van der Waals surface area (Å²) < 4.78 is 0. The number of aryl methyl sites for hydroxylation is 2. The van der Waals surface area contributed by atoms with Crippen LogP contribution in [0.5, 0.6) is 0 Å². The molecule has 2 N–H and O–H groups in total. The van der Waals surface area contributed by atoms with Crippen LogP contribution >= 0.6 is 0 Å². The quantitative estimate of drug-likeness (QED) is 0.813. The molecule has 4 amide bonds. The number of hydrogen-bond donors (Lipinski definition) is 2. The Morgan fingerprint density at radius 3 is 1.39 bits per heavy atom. The van der Waals surface area contributed by atoms with Gasteiger partial charge in [-0.2, -0.15) is 10.0 Å². The molecule has 0 spiro atoms. The highest BCUT2D eigenvalue weighted by atomic mass is 16.2. The topological polar surface area (TPSA) is 89.4 Å². The number of hydrazone groups is 2. The maximum Gasteiger partial charge on any atom is 0.348 e. The minimum absolute atomic E-state index is 0.275. The normalized spacial score (nSPS) is 13.6. The number of anilines is 2. The molecule has 0 bridgehead atoms. The van der Waals surface area contributed by atoms with Gasteiger partial charge in [0.05, 0.1) is 0 Å². The first-order chi connectivity index (χ1) is 13.4. The molecule has 0 fully saturated rings. The highest BCUT2D eigenvalue weighted by Gasteiger charge is 2.27. The van der Waals surface area contributed by atoms with E-state index in [4.69, 9.17) is 0 Å². The number of nitrogens with one attached hydrogen (secondary N) is 2. The molecule has 28 heavy (non-hydrogen) atoms. The lowest BCUT2D eigenvalue weighted by Gasteiger charge is -2.27. The van der Waals surface area contributed by atoms with Gasteiger partial charge in [0, 0.05) is 11.4 Å². The van der Waals surface area contributed by atoms with Crippen molar-refractivity contribution in [1.29, 1.82) is 0 Å². The van der Waals surface area contributed by atoms with Crippen LogP contribution < -0.4 is 10.6 Å². The van der Waals surface area contributed by atoms with Gasteiger partial charge in [0.2, 0.25) is 0 Å². The van der Waals surface area contributed by atoms with Gasteiger partial charge in [-0.15, -0.1) is 10.2 Å². The molecule has 1 aliphatic heterocycles. The number of hydrogen-bond acceptors (Lipinski definition) is 4. The number of nitrogens with zero attached hydrogens (tertiary/aromatic N) is 4. The summed E-state index contributed by atoms with van der Waals surface area (Å²) >= 11 is 0. The summed E-state index contributed by atoms with van der Waals surface area (Å²) in [6.07, 6.45) is 0. The van der Waals surface area contributed by atoms with Crippen molar-refractivity contribution in [3.05, 3.63) is 59.7 Å². The SMILES string of the molecule is CC1=NN(C(=O)Nc2ccccc2C)C(C)=NN1C(=O)Nc1ccccc1C. The molecule has 3 rings (SSSR count). The number of para-hydroxylation sites is 2. The van der Waals surface area contributed by atoms with E-state index in [2.05, 4.69) is 20.8 Å². The summed E-state index contributed by atoms with van der Waals surface area (Å²) in [7, 11) is 0. The first kappa shape index (κ1) is 19.1. The molecule has 0 aliphatic carbocycles. The lowest BCUT2D eigenvalue weighted by Crippen LogP contribution is -2.45. The lowest BCUT2D eigenvalue weighted by atomic mass is 10.2. The first-order valence-corrected chi connectivity index (χ1v) is 8.80. The Kier molecular flexibility index (Phi) is 5.39. The molecule has 1 aliphatic rings. The molecule has 8 nitrogen and oxygen atoms in total. The summed E-state index contributed by atoms with van der Waals surface area (Å²) in [5, 5.41) is 16.3. The van der Waals surface area contributed by atoms with Gasteiger partial charge in [-0.05, 0) is 51.0 Å². The van der Waals surface area contributed by atoms with Crippen LogP contribution in [0.15, 0.2) is 58.7 Å². The Hall–Kier alpha value is -3.68. The summed E-state index contributed by atoms with van der Waals surface area (Å²) in [5.74, 6) is 0.549. The Balaban J connectivity index is 1.74. The standard InChI is InChI=1S/C20H22N6O2/c1-13-9-5-7-11-17(13)21-19(27)25-15(3)24-26(16(4)23-25)20(28)22-18-12-8-6-10-14(18)2/h5-12H,1-4H3,(H,21,27)(H,22,28). The van der Waals surface area contributed by atoms with Crippen LogP contribution in [0.3, 0.4) is 0 Å². The number of benzene rings is 2. The fourth-order valence-electron chi connectivity index (χ4n) is 2.67. The van der Waals surface area contributed by atoms with Gasteiger partial charge in [0.1, 0.15) is 0 Å². The van der Waals surface area contributed by atoms with Gasteiger partial charge >= 0.3 is 12.1 Å². The minimum atomic E-state index is -0.450. The van der Waals surface area contributed by atoms with E-state index in [1.54, 1.807) is 13.8 Å². The van der Waals surface area contributed by atoms with E-state index in [0.29, 0.717) is 11.4 Å². The van der Waals surface area contributed by atoms with Gasteiger partial charge in [-0.3, -0.25) is 0 Å². The van der Waals surface area contributed by atoms with Crippen molar-refractivity contribution in [2.24, 2.45) is 10.2 Å². The first-order valence-electron chi connectivity index (χ1n) is 8.80. The molecule has 0 saturated heterocycles. The second-order valence-corrected chi connectivity index (χ2v) is 6.41. The Bertz CT molecular complexity index is 903. The molecular weight excluding hydrogens is 356 g/mol. The van der Waals surface area contributed by atoms with Crippen molar-refractivity contribution in [1.82, 2.24) is 10.0 Å². The summed E-state index contributed by atoms with van der Waals surface area (Å²) in [6, 6.07) is 14.0. The van der Waals surface area contributed by atoms with Crippen LogP contribution in [-0.4, -0.2) is 33.8 Å². The Labute approximate surface area is 163 Å². The third-order valence-corrected chi connectivity index (χ3v) is 4.26. The molecule has 1 heterocycles. The van der Waals surface area contributed by atoms with Crippen molar-refractivity contribution < 1.29 is 9.59 Å². The van der Waals surface area contributed by atoms with Crippen LogP contribution in [0.4, 0.5) is 21.0 Å². The maximum atomic E-state index is 12.6. The number of amides is 4. The van der Waals surface area contributed by atoms with Crippen LogP contribution in [0.1, 0.15) is 25.0 Å². The van der Waals surface area contributed by atoms with E-state index in [1.807, 2.05) is 62.4 Å². The molecule has 0 aromatic heterocycles. The number of rotatable bonds is 2. The van der Waals surface area contributed by atoms with E-state index in [9.17, 15) is 9.59 Å². The zero-order valence-electron chi connectivity index (χ0n) is 16.2. The average Bonchev–Trinajstić information content (AvgIpc) is 2.66. The van der Waals surface area contributed by atoms with E-state index >= 15 is 0 Å². The van der Waals surface area contributed by atoms with Gasteiger partial charge in [0.25, 0.3) is 0 Å². The Morgan fingerprint density at radius 1 is 0.679 bits per heavy atom. The van der Waals surface area contributed by atoms with Crippen molar-refractivity contribution >= 4 is 35.1 Å². The highest BCUT2D eigenvalue weighted by molar-refractivity contribution is 6.09. The molecule has 2 aromatic rings. The molecule has 0 atom stereocenters. The van der Waals surface area contributed by atoms with Crippen LogP contribution in [0.25, 0.3) is 0 Å². The van der Waals surface area contributed by atoms with Gasteiger partial charge in [-0.25, -0.2) is 9.59 Å². The summed E-state index contributed by atoms with van der Waals surface area (Å²) in [4.78, 5) is 25.2. The van der Waals surface area contributed by atoms with E-state index in [0.717, 1.165) is 21.1 Å². The van der Waals surface area contributed by atoms with E-state index < -0.39 is 12.1 Å². The van der Waals surface area contributed by atoms with Gasteiger partial charge in [-0.1, -0.05) is 36.4 Å². The number of urea groups is 2. The summed E-state index contributed by atoms with van der Waals surface area (Å²) in [5.41, 5.74) is 3.24. The number of carbonyl (C=O) groups excluding carboxylic acids is 2. The average molecular weight is 378 g/mol. The molecule has 0 saturated carbocycles. The molecule has 2 aromatic carbocycles. The van der Waals surface area contributed by atoms with Crippen LogP contribution in [0.2, 0.25) is 0 Å². The molecule has 8 heteroatoms. The predicted molar refractivity (Wildman–Crippen MR) is 110 cm³/mol. The zero-order valence-corrected chi connectivity index (χ0v) is 16.2. The monoisotopic (exact) mass is 378 g/mol. The number of amidine groups is 2. The van der Waals surface area contributed by atoms with E-state index in [1.165, 1.54) is 0 Å². The van der Waals surface area contributed by atoms with E-state index in [-0.39, 0.29) is 11.7 Å². The molecule has 0 radical (unpaired) electrons. The fraction of sp³-hybridized carbons (Fsp3) is 0.200. The Morgan fingerprint density at radius 2 is 1.04 bits per heavy atom. The third kappa shape index (κ3) is 4.01. The smallest absolute Gasteiger partial charge is 0.306 e. The van der Waals surface area contributed by atoms with Gasteiger partial charge in [0.15, 0.2) is 11.7 Å². The minimum Gasteiger partial charge on any atom is -0.306 e. The maximum absolute atomic E-state index is 12.6. The van der Waals surface area contributed by atoms with Crippen molar-refractivity contribution in [2.45, 2.75) is 27.7 Å². The number of carbonyl (C=O) groups is 2. The third-order valence-electron chi connectivity index (χ3n) is 4.26. The van der Waals surface area contributed by atoms with Crippen LogP contribution in [-0.2, 0) is 0 Å². The van der Waals surface area contributed by atoms with Crippen molar-refractivity contribution in [3.63, 3.8) is 0 Å². The molecule has 0 unspecified atom stereocenters.